The number of nitrogens with zero attached hydrogens (tertiary/aromatic N) is 3. The molecule has 4 aromatic rings. The van der Waals surface area contributed by atoms with Crippen molar-refractivity contribution in [3.63, 3.8) is 0 Å². The first-order valence-corrected chi connectivity index (χ1v) is 9.38. The van der Waals surface area contributed by atoms with Gasteiger partial charge in [-0.2, -0.15) is 5.10 Å². The predicted molar refractivity (Wildman–Crippen MR) is 104 cm³/mol. The molecule has 28 heavy (non-hydrogen) atoms. The van der Waals surface area contributed by atoms with Gasteiger partial charge in [-0.25, -0.2) is 13.8 Å². The van der Waals surface area contributed by atoms with E-state index in [0.29, 0.717) is 28.3 Å². The first-order valence-electron chi connectivity index (χ1n) is 9.38. The Labute approximate surface area is 160 Å². The Kier molecular flexibility index (Phi) is 4.01. The molecule has 144 valence electrons. The molecule has 0 atom stereocenters. The Morgan fingerprint density at radius 2 is 1.93 bits per heavy atom. The molecule has 0 radical (unpaired) electrons. The highest BCUT2D eigenvalue weighted by Crippen LogP contribution is 2.33. The fourth-order valence-electron chi connectivity index (χ4n) is 3.99. The average molecular weight is 382 g/mol. The van der Waals surface area contributed by atoms with Gasteiger partial charge in [0, 0.05) is 18.5 Å². The fourth-order valence-corrected chi connectivity index (χ4v) is 3.99. The van der Waals surface area contributed by atoms with Crippen LogP contribution in [0.15, 0.2) is 30.6 Å². The Bertz CT molecular complexity index is 1170. The molecule has 1 aliphatic heterocycles. The summed E-state index contributed by atoms with van der Waals surface area (Å²) >= 11 is 0. The molecular formula is C20H20F2N6. The van der Waals surface area contributed by atoms with Crippen molar-refractivity contribution in [1.82, 2.24) is 24.9 Å². The normalized spacial score (nSPS) is 15.5. The number of halogens is 2. The first-order chi connectivity index (χ1) is 13.6. The maximum atomic E-state index is 14.9. The molecule has 4 heterocycles. The third-order valence-corrected chi connectivity index (χ3v) is 5.34. The van der Waals surface area contributed by atoms with Crippen LogP contribution in [-0.2, 0) is 0 Å². The summed E-state index contributed by atoms with van der Waals surface area (Å²) in [6.07, 6.45) is 5.43. The number of hydrogen-bond acceptors (Lipinski definition) is 4. The zero-order chi connectivity index (χ0) is 19.3. The molecule has 0 unspecified atom stereocenters. The molecule has 0 saturated carbocycles. The molecule has 1 aliphatic rings. The predicted octanol–water partition coefficient (Wildman–Crippen LogP) is 4.01. The van der Waals surface area contributed by atoms with Gasteiger partial charge in [-0.05, 0) is 56.5 Å². The lowest BCUT2D eigenvalue weighted by Gasteiger charge is -2.23. The van der Waals surface area contributed by atoms with Gasteiger partial charge in [-0.1, -0.05) is 0 Å². The molecule has 1 saturated heterocycles. The highest BCUT2D eigenvalue weighted by Gasteiger charge is 2.20. The van der Waals surface area contributed by atoms with Crippen molar-refractivity contribution in [3.05, 3.63) is 53.5 Å². The number of anilines is 2. The number of rotatable bonds is 3. The number of piperidine rings is 1. The van der Waals surface area contributed by atoms with Crippen LogP contribution in [0.1, 0.15) is 30.0 Å². The summed E-state index contributed by atoms with van der Waals surface area (Å²) in [7, 11) is 0. The number of fused-ring (bicyclic) bond motifs is 2. The zero-order valence-corrected chi connectivity index (χ0v) is 15.4. The van der Waals surface area contributed by atoms with Crippen molar-refractivity contribution < 1.29 is 8.78 Å². The summed E-state index contributed by atoms with van der Waals surface area (Å²) in [5.41, 5.74) is 3.07. The van der Waals surface area contributed by atoms with Gasteiger partial charge in [0.25, 0.3) is 0 Å². The second-order valence-electron chi connectivity index (χ2n) is 7.34. The quantitative estimate of drug-likeness (QED) is 0.501. The van der Waals surface area contributed by atoms with Gasteiger partial charge in [-0.15, -0.1) is 0 Å². The maximum Gasteiger partial charge on any atom is 0.173 e. The monoisotopic (exact) mass is 382 g/mol. The molecule has 0 aliphatic carbocycles. The number of H-pyrrole nitrogens is 1. The van der Waals surface area contributed by atoms with E-state index in [9.17, 15) is 8.78 Å². The minimum Gasteiger partial charge on any atom is -0.337 e. The van der Waals surface area contributed by atoms with Gasteiger partial charge >= 0.3 is 0 Å². The maximum absolute atomic E-state index is 14.9. The van der Waals surface area contributed by atoms with Crippen LogP contribution in [0.2, 0.25) is 0 Å². The van der Waals surface area contributed by atoms with E-state index in [-0.39, 0.29) is 11.5 Å². The number of benzene rings is 1. The lowest BCUT2D eigenvalue weighted by atomic mass is 9.89. The lowest BCUT2D eigenvalue weighted by molar-refractivity contribution is 0.459. The van der Waals surface area contributed by atoms with Crippen LogP contribution in [0.3, 0.4) is 0 Å². The van der Waals surface area contributed by atoms with E-state index in [1.165, 1.54) is 6.07 Å². The van der Waals surface area contributed by atoms with Crippen molar-refractivity contribution in [2.45, 2.75) is 25.7 Å². The molecule has 1 fully saturated rings. The molecular weight excluding hydrogens is 362 g/mol. The second kappa shape index (κ2) is 6.56. The van der Waals surface area contributed by atoms with Crippen LogP contribution in [0.25, 0.3) is 16.6 Å². The van der Waals surface area contributed by atoms with Crippen molar-refractivity contribution in [2.24, 2.45) is 0 Å². The van der Waals surface area contributed by atoms with Crippen molar-refractivity contribution in [3.8, 4) is 0 Å². The Morgan fingerprint density at radius 1 is 1.11 bits per heavy atom. The van der Waals surface area contributed by atoms with Crippen LogP contribution in [-0.4, -0.2) is 32.7 Å². The van der Waals surface area contributed by atoms with Crippen LogP contribution in [0.4, 0.5) is 20.3 Å². The largest absolute Gasteiger partial charge is 0.337 e. The number of aromatic amines is 1. The standard InChI is InChI=1S/C20H20F2N6/c1-11-9-28-10-14(8-16(22)20(28)24-11)25-19-18-15(21)6-13(7-17(18)26-27-19)12-2-4-23-5-3-12/h6-10,12,23H,2-5H2,1H3,(H2,25,26,27). The summed E-state index contributed by atoms with van der Waals surface area (Å²) in [6, 6.07) is 4.90. The molecule has 0 amide bonds. The van der Waals surface area contributed by atoms with E-state index in [4.69, 9.17) is 0 Å². The minimum atomic E-state index is -0.452. The number of pyridine rings is 1. The van der Waals surface area contributed by atoms with Crippen LogP contribution in [0, 0.1) is 18.6 Å². The van der Waals surface area contributed by atoms with Gasteiger partial charge in [0.1, 0.15) is 5.82 Å². The van der Waals surface area contributed by atoms with Crippen molar-refractivity contribution in [2.75, 3.05) is 18.4 Å². The van der Waals surface area contributed by atoms with E-state index in [1.807, 2.05) is 6.07 Å². The van der Waals surface area contributed by atoms with Gasteiger partial charge < -0.3 is 15.0 Å². The number of hydrogen-bond donors (Lipinski definition) is 3. The van der Waals surface area contributed by atoms with E-state index >= 15 is 0 Å². The lowest BCUT2D eigenvalue weighted by Crippen LogP contribution is -2.26. The average Bonchev–Trinajstić information content (AvgIpc) is 3.26. The number of aromatic nitrogens is 4. The molecule has 0 spiro atoms. The number of nitrogens with one attached hydrogen (secondary N) is 3. The number of imidazole rings is 1. The second-order valence-corrected chi connectivity index (χ2v) is 7.34. The Hall–Kier alpha value is -3.00. The molecule has 5 rings (SSSR count). The summed E-state index contributed by atoms with van der Waals surface area (Å²) in [4.78, 5) is 4.14. The van der Waals surface area contributed by atoms with Gasteiger partial charge in [0.15, 0.2) is 17.3 Å². The fraction of sp³-hybridized carbons (Fsp3) is 0.300. The van der Waals surface area contributed by atoms with Crippen LogP contribution >= 0.6 is 0 Å². The van der Waals surface area contributed by atoms with Crippen LogP contribution in [0.5, 0.6) is 0 Å². The third-order valence-electron chi connectivity index (χ3n) is 5.34. The molecule has 0 bridgehead atoms. The minimum absolute atomic E-state index is 0.257. The Balaban J connectivity index is 1.51. The summed E-state index contributed by atoms with van der Waals surface area (Å²) in [5.74, 6) is -0.102. The van der Waals surface area contributed by atoms with E-state index in [1.54, 1.807) is 29.8 Å². The smallest absolute Gasteiger partial charge is 0.173 e. The molecule has 6 nitrogen and oxygen atoms in total. The summed E-state index contributed by atoms with van der Waals surface area (Å²) < 4.78 is 30.8. The Morgan fingerprint density at radius 3 is 2.75 bits per heavy atom. The molecule has 8 heteroatoms. The van der Waals surface area contributed by atoms with Crippen molar-refractivity contribution >= 4 is 28.1 Å². The van der Waals surface area contributed by atoms with Crippen LogP contribution < -0.4 is 10.6 Å². The SMILES string of the molecule is Cc1cn2cc(Nc3n[nH]c4cc(C5CCNCC5)cc(F)c34)cc(F)c2n1. The molecule has 3 aromatic heterocycles. The van der Waals surface area contributed by atoms with Gasteiger partial charge in [0.2, 0.25) is 0 Å². The topological polar surface area (TPSA) is 70.0 Å². The van der Waals surface area contributed by atoms with E-state index in [2.05, 4.69) is 25.8 Å². The highest BCUT2D eigenvalue weighted by molar-refractivity contribution is 5.92. The molecule has 1 aromatic carbocycles. The summed E-state index contributed by atoms with van der Waals surface area (Å²) in [6.45, 7) is 3.69. The van der Waals surface area contributed by atoms with E-state index in [0.717, 1.165) is 37.2 Å². The zero-order valence-electron chi connectivity index (χ0n) is 15.4. The highest BCUT2D eigenvalue weighted by atomic mass is 19.1. The van der Waals surface area contributed by atoms with Gasteiger partial charge in [-0.3, -0.25) is 5.10 Å². The third kappa shape index (κ3) is 2.90. The summed E-state index contributed by atoms with van der Waals surface area (Å²) in [5, 5.41) is 13.8. The first kappa shape index (κ1) is 17.1. The van der Waals surface area contributed by atoms with Gasteiger partial charge in [0.05, 0.1) is 22.3 Å². The van der Waals surface area contributed by atoms with Crippen molar-refractivity contribution in [1.29, 1.82) is 0 Å². The molecule has 3 N–H and O–H groups in total. The van der Waals surface area contributed by atoms with E-state index < -0.39 is 5.82 Å². The number of aryl methyl sites for hydroxylation is 1.